The molecule has 20 heavy (non-hydrogen) atoms. The average Bonchev–Trinajstić information content (AvgIpc) is 2.41. The Morgan fingerprint density at radius 3 is 2.15 bits per heavy atom. The quantitative estimate of drug-likeness (QED) is 0.578. The standard InChI is InChI=1S/C16H15BrCl2O/c1-10(2)20-13-6-3-11(4-7-13)16(19)12-5-8-15(18)14(17)9-12/h3-10,16H,1-2H3. The number of hydrogen-bond donors (Lipinski definition) is 0. The third-order valence-corrected chi connectivity index (χ3v) is 4.50. The zero-order valence-corrected chi connectivity index (χ0v) is 14.3. The normalized spacial score (nSPS) is 12.5. The minimum atomic E-state index is -0.211. The third-order valence-electron chi connectivity index (χ3n) is 2.78. The van der Waals surface area contributed by atoms with Gasteiger partial charge in [-0.3, -0.25) is 0 Å². The van der Waals surface area contributed by atoms with Crippen LogP contribution in [0, 0.1) is 0 Å². The number of hydrogen-bond acceptors (Lipinski definition) is 1. The first kappa shape index (κ1) is 15.7. The van der Waals surface area contributed by atoms with Gasteiger partial charge in [0.25, 0.3) is 0 Å². The van der Waals surface area contributed by atoms with E-state index in [0.717, 1.165) is 21.3 Å². The predicted octanol–water partition coefficient (Wildman–Crippen LogP) is 6.22. The zero-order valence-electron chi connectivity index (χ0n) is 11.2. The van der Waals surface area contributed by atoms with E-state index in [1.807, 2.05) is 56.3 Å². The Hall–Kier alpha value is -0.700. The van der Waals surface area contributed by atoms with Gasteiger partial charge in [0.15, 0.2) is 0 Å². The number of benzene rings is 2. The molecule has 2 aromatic carbocycles. The highest BCUT2D eigenvalue weighted by atomic mass is 79.9. The minimum absolute atomic E-state index is 0.167. The molecule has 0 aromatic heterocycles. The smallest absolute Gasteiger partial charge is 0.119 e. The van der Waals surface area contributed by atoms with Crippen LogP contribution in [-0.4, -0.2) is 6.10 Å². The molecule has 1 nitrogen and oxygen atoms in total. The summed E-state index contributed by atoms with van der Waals surface area (Å²) in [6.07, 6.45) is 0.167. The van der Waals surface area contributed by atoms with Crippen molar-refractivity contribution in [1.29, 1.82) is 0 Å². The molecule has 0 amide bonds. The highest BCUT2D eigenvalue weighted by molar-refractivity contribution is 9.10. The van der Waals surface area contributed by atoms with Crippen LogP contribution in [0.4, 0.5) is 0 Å². The fourth-order valence-corrected chi connectivity index (χ4v) is 2.65. The molecule has 0 bridgehead atoms. The molecule has 0 spiro atoms. The second-order valence-corrected chi connectivity index (χ2v) is 6.47. The van der Waals surface area contributed by atoms with Crippen molar-refractivity contribution in [2.45, 2.75) is 25.3 Å². The fraction of sp³-hybridized carbons (Fsp3) is 0.250. The number of alkyl halides is 1. The molecule has 0 aliphatic heterocycles. The maximum absolute atomic E-state index is 6.51. The highest BCUT2D eigenvalue weighted by Crippen LogP contribution is 2.33. The molecule has 0 radical (unpaired) electrons. The second-order valence-electron chi connectivity index (χ2n) is 4.77. The van der Waals surface area contributed by atoms with Crippen LogP contribution in [0.1, 0.15) is 30.4 Å². The average molecular weight is 374 g/mol. The van der Waals surface area contributed by atoms with Crippen LogP contribution in [0.25, 0.3) is 0 Å². The van der Waals surface area contributed by atoms with E-state index in [4.69, 9.17) is 27.9 Å². The molecule has 0 fully saturated rings. The molecule has 106 valence electrons. The van der Waals surface area contributed by atoms with Crippen molar-refractivity contribution in [3.8, 4) is 5.75 Å². The number of halogens is 3. The Labute approximate surface area is 138 Å². The zero-order chi connectivity index (χ0) is 14.7. The lowest BCUT2D eigenvalue weighted by Crippen LogP contribution is -2.05. The lowest BCUT2D eigenvalue weighted by atomic mass is 10.0. The van der Waals surface area contributed by atoms with E-state index in [9.17, 15) is 0 Å². The molecule has 4 heteroatoms. The summed E-state index contributed by atoms with van der Waals surface area (Å²) in [4.78, 5) is 0. The Morgan fingerprint density at radius 1 is 1.00 bits per heavy atom. The van der Waals surface area contributed by atoms with E-state index in [0.29, 0.717) is 5.02 Å². The summed E-state index contributed by atoms with van der Waals surface area (Å²) in [7, 11) is 0. The molecule has 2 rings (SSSR count). The summed E-state index contributed by atoms with van der Waals surface area (Å²) in [5.74, 6) is 0.852. The molecule has 0 N–H and O–H groups in total. The second kappa shape index (κ2) is 6.84. The van der Waals surface area contributed by atoms with Crippen LogP contribution in [0.3, 0.4) is 0 Å². The predicted molar refractivity (Wildman–Crippen MR) is 89.1 cm³/mol. The van der Waals surface area contributed by atoms with E-state index in [2.05, 4.69) is 15.9 Å². The van der Waals surface area contributed by atoms with E-state index >= 15 is 0 Å². The Morgan fingerprint density at radius 2 is 1.60 bits per heavy atom. The lowest BCUT2D eigenvalue weighted by Gasteiger charge is -2.13. The van der Waals surface area contributed by atoms with Crippen LogP contribution >= 0.6 is 39.1 Å². The monoisotopic (exact) mass is 372 g/mol. The van der Waals surface area contributed by atoms with Crippen molar-refractivity contribution in [1.82, 2.24) is 0 Å². The van der Waals surface area contributed by atoms with E-state index in [1.165, 1.54) is 0 Å². The summed E-state index contributed by atoms with van der Waals surface area (Å²) < 4.78 is 6.47. The summed E-state index contributed by atoms with van der Waals surface area (Å²) in [6.45, 7) is 4.01. The molecule has 0 saturated carbocycles. The van der Waals surface area contributed by atoms with Gasteiger partial charge in [0.1, 0.15) is 5.75 Å². The van der Waals surface area contributed by atoms with Gasteiger partial charge in [-0.1, -0.05) is 29.8 Å². The van der Waals surface area contributed by atoms with Gasteiger partial charge in [-0.2, -0.15) is 0 Å². The van der Waals surface area contributed by atoms with Crippen LogP contribution < -0.4 is 4.74 Å². The first-order valence-corrected chi connectivity index (χ1v) is 7.93. The highest BCUT2D eigenvalue weighted by Gasteiger charge is 2.12. The molecule has 1 atom stereocenters. The van der Waals surface area contributed by atoms with Crippen molar-refractivity contribution < 1.29 is 4.74 Å². The summed E-state index contributed by atoms with van der Waals surface area (Å²) >= 11 is 15.9. The van der Waals surface area contributed by atoms with Gasteiger partial charge < -0.3 is 4.74 Å². The van der Waals surface area contributed by atoms with Gasteiger partial charge >= 0.3 is 0 Å². The number of rotatable bonds is 4. The first-order valence-electron chi connectivity index (χ1n) is 6.33. The van der Waals surface area contributed by atoms with Gasteiger partial charge in [0.2, 0.25) is 0 Å². The van der Waals surface area contributed by atoms with Crippen molar-refractivity contribution in [2.75, 3.05) is 0 Å². The minimum Gasteiger partial charge on any atom is -0.491 e. The maximum Gasteiger partial charge on any atom is 0.119 e. The topological polar surface area (TPSA) is 9.23 Å². The van der Waals surface area contributed by atoms with Crippen molar-refractivity contribution in [3.05, 3.63) is 63.1 Å². The third kappa shape index (κ3) is 3.91. The lowest BCUT2D eigenvalue weighted by molar-refractivity contribution is 0.242. The molecule has 0 aliphatic rings. The van der Waals surface area contributed by atoms with Crippen molar-refractivity contribution in [2.24, 2.45) is 0 Å². The Bertz CT molecular complexity index is 582. The molecule has 0 aliphatic carbocycles. The molecular formula is C16H15BrCl2O. The van der Waals surface area contributed by atoms with Crippen molar-refractivity contribution in [3.63, 3.8) is 0 Å². The molecule has 2 aromatic rings. The maximum atomic E-state index is 6.51. The van der Waals surface area contributed by atoms with E-state index in [-0.39, 0.29) is 11.5 Å². The first-order chi connectivity index (χ1) is 9.47. The fourth-order valence-electron chi connectivity index (χ4n) is 1.85. The van der Waals surface area contributed by atoms with Crippen LogP contribution in [-0.2, 0) is 0 Å². The van der Waals surface area contributed by atoms with Crippen LogP contribution in [0.15, 0.2) is 46.9 Å². The Kier molecular flexibility index (Phi) is 5.36. The number of ether oxygens (including phenoxy) is 1. The van der Waals surface area contributed by atoms with Gasteiger partial charge in [0, 0.05) is 4.47 Å². The van der Waals surface area contributed by atoms with Crippen molar-refractivity contribution >= 4 is 39.1 Å². The largest absolute Gasteiger partial charge is 0.491 e. The molecular weight excluding hydrogens is 359 g/mol. The van der Waals surface area contributed by atoms with Gasteiger partial charge in [-0.15, -0.1) is 11.6 Å². The van der Waals surface area contributed by atoms with Gasteiger partial charge in [-0.25, -0.2) is 0 Å². The van der Waals surface area contributed by atoms with Gasteiger partial charge in [-0.05, 0) is 65.2 Å². The molecule has 0 heterocycles. The molecule has 1 unspecified atom stereocenters. The Balaban J connectivity index is 2.20. The molecule has 0 saturated heterocycles. The summed E-state index contributed by atoms with van der Waals surface area (Å²) in [6, 6.07) is 13.6. The van der Waals surface area contributed by atoms with Crippen LogP contribution in [0.2, 0.25) is 5.02 Å². The SMILES string of the molecule is CC(C)Oc1ccc(C(Cl)c2ccc(Cl)c(Br)c2)cc1. The summed E-state index contributed by atoms with van der Waals surface area (Å²) in [5, 5.41) is 0.468. The van der Waals surface area contributed by atoms with Gasteiger partial charge in [0.05, 0.1) is 16.5 Å². The summed E-state index contributed by atoms with van der Waals surface area (Å²) in [5.41, 5.74) is 2.03. The van der Waals surface area contributed by atoms with E-state index < -0.39 is 0 Å². The van der Waals surface area contributed by atoms with Crippen LogP contribution in [0.5, 0.6) is 5.75 Å². The van der Waals surface area contributed by atoms with E-state index in [1.54, 1.807) is 0 Å².